The van der Waals surface area contributed by atoms with Crippen LogP contribution in [0.2, 0.25) is 5.02 Å². The van der Waals surface area contributed by atoms with Gasteiger partial charge in [0.25, 0.3) is 0 Å². The molecule has 0 aliphatic carbocycles. The number of hydrazone groups is 1. The number of nitrogens with one attached hydrogen (secondary N) is 1. The lowest BCUT2D eigenvalue weighted by Crippen LogP contribution is -2.27. The summed E-state index contributed by atoms with van der Waals surface area (Å²) in [5.74, 6) is 0.736. The molecule has 3 N–H and O–H groups in total. The molecule has 0 aliphatic heterocycles. The van der Waals surface area contributed by atoms with Crippen molar-refractivity contribution in [1.82, 2.24) is 5.43 Å². The molecule has 0 heterocycles. The van der Waals surface area contributed by atoms with E-state index in [9.17, 15) is 0 Å². The molecule has 0 unspecified atom stereocenters. The molecule has 4 nitrogen and oxygen atoms in total. The van der Waals surface area contributed by atoms with Crippen molar-refractivity contribution >= 4 is 50.6 Å². The zero-order chi connectivity index (χ0) is 15.9. The first-order valence-electron chi connectivity index (χ1n) is 6.31. The number of ether oxygens (including phenoxy) is 1. The smallest absolute Gasteiger partial charge is 0.184 e. The van der Waals surface area contributed by atoms with Crippen molar-refractivity contribution in [3.8, 4) is 5.75 Å². The molecule has 0 atom stereocenters. The van der Waals surface area contributed by atoms with E-state index in [-0.39, 0.29) is 11.7 Å². The summed E-state index contributed by atoms with van der Waals surface area (Å²) in [6.07, 6.45) is 0. The average molecular weight is 399 g/mol. The topological polar surface area (TPSA) is 59.6 Å². The molecule has 0 fully saturated rings. The predicted octanol–water partition coefficient (Wildman–Crippen LogP) is 3.72. The summed E-state index contributed by atoms with van der Waals surface area (Å²) in [6.45, 7) is 0.263. The molecule has 0 bridgehead atoms. The molecule has 0 saturated heterocycles. The SMILES string of the molecule is NC(=S)N/N=C(/COc1ccc(Br)cc1)c1ccc(Cl)cc1. The van der Waals surface area contributed by atoms with Crippen molar-refractivity contribution in [3.63, 3.8) is 0 Å². The van der Waals surface area contributed by atoms with Crippen molar-refractivity contribution in [2.75, 3.05) is 6.61 Å². The number of nitrogens with zero attached hydrogens (tertiary/aromatic N) is 1. The standard InChI is InChI=1S/C15H13BrClN3OS/c16-11-3-7-13(8-4-11)21-9-14(19-20-15(18)22)10-1-5-12(17)6-2-10/h1-8H,9H2,(H3,18,20,22)/b19-14-. The summed E-state index contributed by atoms with van der Waals surface area (Å²) in [5.41, 5.74) is 9.52. The molecule has 0 radical (unpaired) electrons. The second-order valence-corrected chi connectivity index (χ2v) is 6.08. The predicted molar refractivity (Wildman–Crippen MR) is 97.5 cm³/mol. The number of nitrogens with two attached hydrogens (primary N) is 1. The minimum absolute atomic E-state index is 0.0927. The largest absolute Gasteiger partial charge is 0.487 e. The van der Waals surface area contributed by atoms with Gasteiger partial charge in [-0.2, -0.15) is 5.10 Å². The number of hydrogen-bond donors (Lipinski definition) is 2. The summed E-state index contributed by atoms with van der Waals surface area (Å²) in [7, 11) is 0. The van der Waals surface area contributed by atoms with Crippen LogP contribution >= 0.6 is 39.7 Å². The first-order chi connectivity index (χ1) is 10.5. The van der Waals surface area contributed by atoms with Gasteiger partial charge in [0.1, 0.15) is 18.1 Å². The molecule has 0 aromatic heterocycles. The van der Waals surface area contributed by atoms with Gasteiger partial charge in [-0.15, -0.1) is 0 Å². The highest BCUT2D eigenvalue weighted by molar-refractivity contribution is 9.10. The van der Waals surface area contributed by atoms with Gasteiger partial charge in [-0.05, 0) is 48.6 Å². The maximum atomic E-state index is 5.90. The Kier molecular flexibility index (Phi) is 6.18. The fraction of sp³-hybridized carbons (Fsp3) is 0.0667. The maximum Gasteiger partial charge on any atom is 0.184 e. The van der Waals surface area contributed by atoms with Crippen LogP contribution in [0.5, 0.6) is 5.75 Å². The van der Waals surface area contributed by atoms with Crippen LogP contribution in [0.4, 0.5) is 0 Å². The molecular weight excluding hydrogens is 386 g/mol. The van der Waals surface area contributed by atoms with Crippen molar-refractivity contribution in [1.29, 1.82) is 0 Å². The van der Waals surface area contributed by atoms with Crippen LogP contribution in [-0.2, 0) is 0 Å². The lowest BCUT2D eigenvalue weighted by molar-refractivity contribution is 0.376. The molecule has 114 valence electrons. The summed E-state index contributed by atoms with van der Waals surface area (Å²) in [5, 5.41) is 4.92. The van der Waals surface area contributed by atoms with E-state index in [1.165, 1.54) is 0 Å². The molecule has 7 heteroatoms. The number of rotatable bonds is 5. The lowest BCUT2D eigenvalue weighted by Gasteiger charge is -2.10. The summed E-state index contributed by atoms with van der Waals surface area (Å²) >= 11 is 14.0. The van der Waals surface area contributed by atoms with E-state index < -0.39 is 0 Å². The van der Waals surface area contributed by atoms with Gasteiger partial charge in [-0.3, -0.25) is 5.43 Å². The molecular formula is C15H13BrClN3OS. The molecule has 0 saturated carbocycles. The van der Waals surface area contributed by atoms with Crippen molar-refractivity contribution < 1.29 is 4.74 Å². The van der Waals surface area contributed by atoms with Crippen LogP contribution < -0.4 is 15.9 Å². The van der Waals surface area contributed by atoms with E-state index in [0.717, 1.165) is 15.8 Å². The molecule has 2 rings (SSSR count). The first kappa shape index (κ1) is 16.7. The summed E-state index contributed by atoms with van der Waals surface area (Å²) < 4.78 is 6.72. The second kappa shape index (κ2) is 8.12. The van der Waals surface area contributed by atoms with Gasteiger partial charge in [-0.25, -0.2) is 0 Å². The Bertz CT molecular complexity index is 674. The number of halogens is 2. The summed E-state index contributed by atoms with van der Waals surface area (Å²) in [4.78, 5) is 0. The van der Waals surface area contributed by atoms with E-state index in [0.29, 0.717) is 10.7 Å². The Balaban J connectivity index is 2.14. The molecule has 22 heavy (non-hydrogen) atoms. The third kappa shape index (κ3) is 5.29. The lowest BCUT2D eigenvalue weighted by atomic mass is 10.1. The van der Waals surface area contributed by atoms with Gasteiger partial charge >= 0.3 is 0 Å². The van der Waals surface area contributed by atoms with E-state index in [4.69, 9.17) is 34.3 Å². The molecule has 2 aromatic carbocycles. The van der Waals surface area contributed by atoms with Crippen molar-refractivity contribution in [2.24, 2.45) is 10.8 Å². The molecule has 0 aliphatic rings. The Labute approximate surface area is 147 Å². The Morgan fingerprint density at radius 2 is 1.82 bits per heavy atom. The van der Waals surface area contributed by atoms with Crippen LogP contribution in [-0.4, -0.2) is 17.4 Å². The van der Waals surface area contributed by atoms with Crippen LogP contribution in [0.15, 0.2) is 58.1 Å². The molecule has 2 aromatic rings. The third-order valence-electron chi connectivity index (χ3n) is 2.67. The minimum Gasteiger partial charge on any atom is -0.487 e. The van der Waals surface area contributed by atoms with E-state index in [1.54, 1.807) is 12.1 Å². The van der Waals surface area contributed by atoms with Gasteiger partial charge in [0, 0.05) is 15.1 Å². The Hall–Kier alpha value is -1.63. The Morgan fingerprint density at radius 1 is 1.18 bits per heavy atom. The van der Waals surface area contributed by atoms with Crippen molar-refractivity contribution in [3.05, 3.63) is 63.6 Å². The Morgan fingerprint density at radius 3 is 2.41 bits per heavy atom. The quantitative estimate of drug-likeness (QED) is 0.458. The van der Waals surface area contributed by atoms with Crippen LogP contribution in [0.3, 0.4) is 0 Å². The maximum absolute atomic E-state index is 5.90. The van der Waals surface area contributed by atoms with Crippen LogP contribution in [0.25, 0.3) is 0 Å². The van der Waals surface area contributed by atoms with Gasteiger partial charge in [-0.1, -0.05) is 39.7 Å². The average Bonchev–Trinajstić information content (AvgIpc) is 2.50. The third-order valence-corrected chi connectivity index (χ3v) is 3.54. The van der Waals surface area contributed by atoms with E-state index >= 15 is 0 Å². The zero-order valence-corrected chi connectivity index (χ0v) is 14.6. The number of thiocarbonyl (C=S) groups is 1. The fourth-order valence-corrected chi connectivity index (χ4v) is 2.06. The molecule has 0 amide bonds. The number of hydrogen-bond acceptors (Lipinski definition) is 3. The van der Waals surface area contributed by atoms with Gasteiger partial charge < -0.3 is 10.5 Å². The van der Waals surface area contributed by atoms with Crippen molar-refractivity contribution in [2.45, 2.75) is 0 Å². The highest BCUT2D eigenvalue weighted by Gasteiger charge is 2.06. The van der Waals surface area contributed by atoms with E-state index in [1.807, 2.05) is 36.4 Å². The zero-order valence-electron chi connectivity index (χ0n) is 11.4. The number of benzene rings is 2. The van der Waals surface area contributed by atoms with Crippen LogP contribution in [0, 0.1) is 0 Å². The van der Waals surface area contributed by atoms with Gasteiger partial charge in [0.05, 0.1) is 0 Å². The minimum atomic E-state index is 0.0927. The first-order valence-corrected chi connectivity index (χ1v) is 7.89. The monoisotopic (exact) mass is 397 g/mol. The molecule has 0 spiro atoms. The highest BCUT2D eigenvalue weighted by Crippen LogP contribution is 2.17. The van der Waals surface area contributed by atoms with E-state index in [2.05, 4.69) is 26.5 Å². The second-order valence-electron chi connectivity index (χ2n) is 4.28. The van der Waals surface area contributed by atoms with Gasteiger partial charge in [0.2, 0.25) is 0 Å². The van der Waals surface area contributed by atoms with Crippen LogP contribution in [0.1, 0.15) is 5.56 Å². The normalized spacial score (nSPS) is 11.1. The fourth-order valence-electron chi connectivity index (χ4n) is 1.63. The van der Waals surface area contributed by atoms with Gasteiger partial charge in [0.15, 0.2) is 5.11 Å². The summed E-state index contributed by atoms with van der Waals surface area (Å²) in [6, 6.07) is 14.8. The highest BCUT2D eigenvalue weighted by atomic mass is 79.9.